The van der Waals surface area contributed by atoms with E-state index in [0.29, 0.717) is 35.7 Å². The van der Waals surface area contributed by atoms with Gasteiger partial charge in [-0.15, -0.1) is 0 Å². The third-order valence-electron chi connectivity index (χ3n) is 6.61. The van der Waals surface area contributed by atoms with Crippen LogP contribution in [0, 0.1) is 11.7 Å². The molecule has 3 aromatic rings. The Hall–Kier alpha value is -2.44. The summed E-state index contributed by atoms with van der Waals surface area (Å²) in [6.45, 7) is 0.592. The molecule has 1 aliphatic rings. The van der Waals surface area contributed by atoms with Gasteiger partial charge in [-0.2, -0.15) is 13.2 Å². The van der Waals surface area contributed by atoms with Crippen molar-refractivity contribution < 1.29 is 17.6 Å². The SMILES string of the molecule is Fc1cc(C(F)(F)F)cc(C(Cc2ccccc2)(NCC2CCCCC2)c2ccc(Cl)cn2)c1. The second-order valence-electron chi connectivity index (χ2n) is 9.04. The molecule has 0 radical (unpaired) electrons. The molecule has 1 atom stereocenters. The molecule has 0 aliphatic heterocycles. The van der Waals surface area contributed by atoms with E-state index in [0.717, 1.165) is 37.3 Å². The van der Waals surface area contributed by atoms with E-state index < -0.39 is 23.1 Å². The average Bonchev–Trinajstić information content (AvgIpc) is 2.83. The van der Waals surface area contributed by atoms with Crippen molar-refractivity contribution in [1.29, 1.82) is 0 Å². The molecule has 0 saturated heterocycles. The molecule has 2 nitrogen and oxygen atoms in total. The van der Waals surface area contributed by atoms with Crippen LogP contribution in [-0.2, 0) is 18.1 Å². The molecule has 1 aromatic heterocycles. The second-order valence-corrected chi connectivity index (χ2v) is 9.48. The van der Waals surface area contributed by atoms with Gasteiger partial charge in [0.1, 0.15) is 5.82 Å². The van der Waals surface area contributed by atoms with Gasteiger partial charge >= 0.3 is 6.18 Å². The summed E-state index contributed by atoms with van der Waals surface area (Å²) in [7, 11) is 0. The molecule has 1 heterocycles. The third kappa shape index (κ3) is 5.78. The molecule has 180 valence electrons. The predicted molar refractivity (Wildman–Crippen MR) is 126 cm³/mol. The molecule has 4 rings (SSSR count). The highest BCUT2D eigenvalue weighted by Gasteiger charge is 2.39. The standard InChI is InChI=1S/C27H27ClF4N2/c28-23-11-12-25(33-18-23)26(16-19-7-3-1-4-8-19,34-17-20-9-5-2-6-10-20)21-13-22(27(30,31)32)15-24(29)14-21/h1,3-4,7-8,11-15,18,20,34H,2,5-6,9-10,16-17H2. The maximum absolute atomic E-state index is 14.6. The first-order chi connectivity index (χ1) is 16.3. The zero-order valence-corrected chi connectivity index (χ0v) is 19.5. The number of aromatic nitrogens is 1. The molecular formula is C27H27ClF4N2. The first-order valence-corrected chi connectivity index (χ1v) is 11.9. The maximum atomic E-state index is 14.6. The van der Waals surface area contributed by atoms with Crippen LogP contribution in [0.2, 0.25) is 5.02 Å². The molecule has 7 heteroatoms. The van der Waals surface area contributed by atoms with Gasteiger partial charge in [0.15, 0.2) is 0 Å². The van der Waals surface area contributed by atoms with Crippen LogP contribution in [0.25, 0.3) is 0 Å². The quantitative estimate of drug-likeness (QED) is 0.346. The van der Waals surface area contributed by atoms with Gasteiger partial charge in [0, 0.05) is 12.6 Å². The fourth-order valence-corrected chi connectivity index (χ4v) is 4.95. The Balaban J connectivity index is 1.87. The van der Waals surface area contributed by atoms with E-state index in [1.165, 1.54) is 18.7 Å². The highest BCUT2D eigenvalue weighted by molar-refractivity contribution is 6.30. The minimum absolute atomic E-state index is 0.189. The predicted octanol–water partition coefficient (Wildman–Crippen LogP) is 7.55. The van der Waals surface area contributed by atoms with Crippen LogP contribution >= 0.6 is 11.6 Å². The van der Waals surface area contributed by atoms with Gasteiger partial charge < -0.3 is 5.32 Å². The molecule has 0 amide bonds. The number of benzene rings is 2. The number of pyridine rings is 1. The lowest BCUT2D eigenvalue weighted by Crippen LogP contribution is -2.48. The van der Waals surface area contributed by atoms with Crippen molar-refractivity contribution in [3.05, 3.63) is 100 Å². The molecule has 1 fully saturated rings. The Morgan fingerprint density at radius 1 is 0.912 bits per heavy atom. The lowest BCUT2D eigenvalue weighted by molar-refractivity contribution is -0.137. The number of halogens is 5. The number of hydrogen-bond acceptors (Lipinski definition) is 2. The largest absolute Gasteiger partial charge is 0.416 e. The van der Waals surface area contributed by atoms with Crippen LogP contribution < -0.4 is 5.32 Å². The molecule has 0 spiro atoms. The molecular weight excluding hydrogens is 464 g/mol. The Bertz CT molecular complexity index is 1080. The van der Waals surface area contributed by atoms with Crippen LogP contribution in [0.3, 0.4) is 0 Å². The van der Waals surface area contributed by atoms with Crippen molar-refractivity contribution in [1.82, 2.24) is 10.3 Å². The minimum Gasteiger partial charge on any atom is -0.302 e. The molecule has 1 N–H and O–H groups in total. The smallest absolute Gasteiger partial charge is 0.302 e. The summed E-state index contributed by atoms with van der Waals surface area (Å²) in [5.41, 5.74) is -0.614. The van der Waals surface area contributed by atoms with Crippen molar-refractivity contribution in [2.75, 3.05) is 6.54 Å². The van der Waals surface area contributed by atoms with E-state index in [1.807, 2.05) is 30.3 Å². The summed E-state index contributed by atoms with van der Waals surface area (Å²) in [4.78, 5) is 4.51. The summed E-state index contributed by atoms with van der Waals surface area (Å²) in [6.07, 6.45) is 2.68. The minimum atomic E-state index is -4.67. The first kappa shape index (κ1) is 24.7. The second kappa shape index (κ2) is 10.4. The number of rotatable bonds is 7. The Morgan fingerprint density at radius 2 is 1.62 bits per heavy atom. The summed E-state index contributed by atoms with van der Waals surface area (Å²) in [6, 6.07) is 15.6. The lowest BCUT2D eigenvalue weighted by atomic mass is 9.78. The van der Waals surface area contributed by atoms with E-state index in [1.54, 1.807) is 12.1 Å². The van der Waals surface area contributed by atoms with Gasteiger partial charge in [-0.1, -0.05) is 61.2 Å². The lowest BCUT2D eigenvalue weighted by Gasteiger charge is -2.38. The van der Waals surface area contributed by atoms with Crippen molar-refractivity contribution in [2.45, 2.75) is 50.2 Å². The third-order valence-corrected chi connectivity index (χ3v) is 6.84. The van der Waals surface area contributed by atoms with Gasteiger partial charge in [0.25, 0.3) is 0 Å². The van der Waals surface area contributed by atoms with Crippen LogP contribution in [0.5, 0.6) is 0 Å². The summed E-state index contributed by atoms with van der Waals surface area (Å²) >= 11 is 6.09. The van der Waals surface area contributed by atoms with Crippen LogP contribution in [0.1, 0.15) is 54.5 Å². The van der Waals surface area contributed by atoms with E-state index in [2.05, 4.69) is 10.3 Å². The average molecular weight is 491 g/mol. The van der Waals surface area contributed by atoms with E-state index in [4.69, 9.17) is 11.6 Å². The molecule has 0 bridgehead atoms. The normalized spacial score (nSPS) is 16.9. The van der Waals surface area contributed by atoms with Gasteiger partial charge in [-0.3, -0.25) is 4.98 Å². The van der Waals surface area contributed by atoms with Crippen molar-refractivity contribution in [3.8, 4) is 0 Å². The van der Waals surface area contributed by atoms with Crippen molar-refractivity contribution in [2.24, 2.45) is 5.92 Å². The molecule has 1 unspecified atom stereocenters. The summed E-state index contributed by atoms with van der Waals surface area (Å²) < 4.78 is 55.7. The maximum Gasteiger partial charge on any atom is 0.416 e. The highest BCUT2D eigenvalue weighted by Crippen LogP contribution is 2.38. The molecule has 34 heavy (non-hydrogen) atoms. The first-order valence-electron chi connectivity index (χ1n) is 11.6. The van der Waals surface area contributed by atoms with Crippen LogP contribution in [-0.4, -0.2) is 11.5 Å². The Labute approximate surface area is 202 Å². The fourth-order valence-electron chi connectivity index (χ4n) is 4.84. The monoisotopic (exact) mass is 490 g/mol. The molecule has 1 aliphatic carbocycles. The van der Waals surface area contributed by atoms with Crippen molar-refractivity contribution in [3.63, 3.8) is 0 Å². The Morgan fingerprint density at radius 3 is 2.26 bits per heavy atom. The summed E-state index contributed by atoms with van der Waals surface area (Å²) in [5.74, 6) is -0.539. The van der Waals surface area contributed by atoms with E-state index >= 15 is 0 Å². The van der Waals surface area contributed by atoms with E-state index in [-0.39, 0.29) is 5.56 Å². The van der Waals surface area contributed by atoms with Gasteiger partial charge in [0.2, 0.25) is 0 Å². The zero-order chi connectivity index (χ0) is 24.2. The molecule has 2 aromatic carbocycles. The van der Waals surface area contributed by atoms with E-state index in [9.17, 15) is 17.6 Å². The zero-order valence-electron chi connectivity index (χ0n) is 18.7. The fraction of sp³-hybridized carbons (Fsp3) is 0.370. The van der Waals surface area contributed by atoms with Gasteiger partial charge in [-0.05, 0) is 66.8 Å². The topological polar surface area (TPSA) is 24.9 Å². The number of nitrogens with one attached hydrogen (secondary N) is 1. The van der Waals surface area contributed by atoms with Gasteiger partial charge in [-0.25, -0.2) is 4.39 Å². The van der Waals surface area contributed by atoms with Gasteiger partial charge in [0.05, 0.1) is 21.8 Å². The number of nitrogens with zero attached hydrogens (tertiary/aromatic N) is 1. The highest BCUT2D eigenvalue weighted by atomic mass is 35.5. The number of alkyl halides is 3. The molecule has 1 saturated carbocycles. The Kier molecular flexibility index (Phi) is 7.58. The van der Waals surface area contributed by atoms with Crippen LogP contribution in [0.15, 0.2) is 66.9 Å². The summed E-state index contributed by atoms with van der Waals surface area (Å²) in [5, 5.41) is 3.99. The van der Waals surface area contributed by atoms with Crippen molar-refractivity contribution >= 4 is 11.6 Å². The number of hydrogen-bond donors (Lipinski definition) is 1. The van der Waals surface area contributed by atoms with Crippen LogP contribution in [0.4, 0.5) is 17.6 Å².